The van der Waals surface area contributed by atoms with E-state index in [0.717, 1.165) is 16.8 Å². The van der Waals surface area contributed by atoms with Gasteiger partial charge in [-0.1, -0.05) is 17.7 Å². The number of benzene rings is 1. The number of halogens is 1. The summed E-state index contributed by atoms with van der Waals surface area (Å²) in [6.07, 6.45) is 1.74. The van der Waals surface area contributed by atoms with E-state index in [1.807, 2.05) is 19.1 Å². The molecule has 106 valence electrons. The van der Waals surface area contributed by atoms with Gasteiger partial charge in [-0.15, -0.1) is 0 Å². The van der Waals surface area contributed by atoms with E-state index in [-0.39, 0.29) is 0 Å². The summed E-state index contributed by atoms with van der Waals surface area (Å²) in [6.45, 7) is 2.68. The summed E-state index contributed by atoms with van der Waals surface area (Å²) in [5.41, 5.74) is 8.50. The van der Waals surface area contributed by atoms with E-state index >= 15 is 0 Å². The number of nitrogens with two attached hydrogens (primary N) is 1. The van der Waals surface area contributed by atoms with Crippen molar-refractivity contribution in [1.29, 1.82) is 0 Å². The second-order valence-electron chi connectivity index (χ2n) is 4.36. The number of aromatic nitrogens is 1. The van der Waals surface area contributed by atoms with Crippen molar-refractivity contribution >= 4 is 11.6 Å². The Morgan fingerprint density at radius 3 is 2.80 bits per heavy atom. The van der Waals surface area contributed by atoms with E-state index in [9.17, 15) is 0 Å². The molecule has 0 saturated heterocycles. The topological polar surface area (TPSA) is 57.4 Å². The van der Waals surface area contributed by atoms with E-state index in [4.69, 9.17) is 26.8 Å². The van der Waals surface area contributed by atoms with E-state index in [1.54, 1.807) is 25.4 Å². The number of pyridine rings is 1. The maximum absolute atomic E-state index is 6.02. The third-order valence-corrected chi connectivity index (χ3v) is 3.23. The Morgan fingerprint density at radius 1 is 1.35 bits per heavy atom. The van der Waals surface area contributed by atoms with Gasteiger partial charge in [0.25, 0.3) is 0 Å². The zero-order chi connectivity index (χ0) is 14.5. The van der Waals surface area contributed by atoms with Gasteiger partial charge in [0.1, 0.15) is 6.61 Å². The van der Waals surface area contributed by atoms with Crippen LogP contribution in [0.1, 0.15) is 16.8 Å². The highest BCUT2D eigenvalue weighted by molar-refractivity contribution is 6.30. The van der Waals surface area contributed by atoms with Crippen molar-refractivity contribution in [3.05, 3.63) is 52.3 Å². The molecule has 0 atom stereocenters. The number of methoxy groups -OCH3 is 1. The molecule has 0 aliphatic carbocycles. The number of hydrogen-bond acceptors (Lipinski definition) is 4. The van der Waals surface area contributed by atoms with Crippen LogP contribution in [-0.4, -0.2) is 12.1 Å². The number of nitrogens with zero attached hydrogens (tertiary/aromatic N) is 1. The van der Waals surface area contributed by atoms with Crippen molar-refractivity contribution in [2.24, 2.45) is 5.73 Å². The molecule has 0 bridgehead atoms. The van der Waals surface area contributed by atoms with Crippen LogP contribution in [0, 0.1) is 6.92 Å². The van der Waals surface area contributed by atoms with Crippen LogP contribution in [-0.2, 0) is 13.2 Å². The Bertz CT molecular complexity index is 577. The van der Waals surface area contributed by atoms with Gasteiger partial charge >= 0.3 is 0 Å². The SMILES string of the molecule is COc1cc(Cl)cc(CN)c1OCc1ncccc1C. The van der Waals surface area contributed by atoms with E-state index in [1.165, 1.54) is 0 Å². The lowest BCUT2D eigenvalue weighted by Crippen LogP contribution is -2.06. The summed E-state index contributed by atoms with van der Waals surface area (Å²) in [5, 5.41) is 0.573. The largest absolute Gasteiger partial charge is 0.493 e. The van der Waals surface area contributed by atoms with Crippen LogP contribution in [0.3, 0.4) is 0 Å². The van der Waals surface area contributed by atoms with Crippen LogP contribution >= 0.6 is 11.6 Å². The summed E-state index contributed by atoms with van der Waals surface area (Å²) in [6, 6.07) is 7.38. The average molecular weight is 293 g/mol. The van der Waals surface area contributed by atoms with E-state index in [0.29, 0.717) is 29.7 Å². The zero-order valence-electron chi connectivity index (χ0n) is 11.5. The molecule has 0 amide bonds. The second kappa shape index (κ2) is 6.59. The van der Waals surface area contributed by atoms with Crippen molar-refractivity contribution in [2.45, 2.75) is 20.1 Å². The standard InChI is InChI=1S/C15H17ClN2O2/c1-10-4-3-5-18-13(10)9-20-15-11(8-17)6-12(16)7-14(15)19-2/h3-7H,8-9,17H2,1-2H3. The smallest absolute Gasteiger partial charge is 0.166 e. The monoisotopic (exact) mass is 292 g/mol. The molecule has 0 saturated carbocycles. The third-order valence-electron chi connectivity index (χ3n) is 3.01. The summed E-state index contributed by atoms with van der Waals surface area (Å²) < 4.78 is 11.1. The van der Waals surface area contributed by atoms with Crippen molar-refractivity contribution in [2.75, 3.05) is 7.11 Å². The van der Waals surface area contributed by atoms with Gasteiger partial charge < -0.3 is 15.2 Å². The first-order chi connectivity index (χ1) is 9.65. The molecule has 0 aliphatic heterocycles. The molecule has 1 heterocycles. The summed E-state index contributed by atoms with van der Waals surface area (Å²) >= 11 is 6.02. The fraction of sp³-hybridized carbons (Fsp3) is 0.267. The molecule has 1 aromatic carbocycles. The highest BCUT2D eigenvalue weighted by Gasteiger charge is 2.12. The predicted octanol–water partition coefficient (Wildman–Crippen LogP) is 3.09. The van der Waals surface area contributed by atoms with Crippen LogP contribution in [0.2, 0.25) is 5.02 Å². The van der Waals surface area contributed by atoms with Crippen LogP contribution in [0.15, 0.2) is 30.5 Å². The van der Waals surface area contributed by atoms with Gasteiger partial charge in [-0.05, 0) is 24.6 Å². The first-order valence-corrected chi connectivity index (χ1v) is 6.63. The first kappa shape index (κ1) is 14.6. The Hall–Kier alpha value is -1.78. The lowest BCUT2D eigenvalue weighted by molar-refractivity contribution is 0.277. The molecule has 2 aromatic rings. The van der Waals surface area contributed by atoms with Gasteiger partial charge in [0.2, 0.25) is 0 Å². The fourth-order valence-electron chi connectivity index (χ4n) is 1.90. The van der Waals surface area contributed by atoms with Crippen LogP contribution < -0.4 is 15.2 Å². The Kier molecular flexibility index (Phi) is 4.82. The number of rotatable bonds is 5. The van der Waals surface area contributed by atoms with Gasteiger partial charge in [-0.3, -0.25) is 4.98 Å². The lowest BCUT2D eigenvalue weighted by Gasteiger charge is -2.15. The van der Waals surface area contributed by atoms with Gasteiger partial charge in [0.05, 0.1) is 12.8 Å². The molecule has 4 nitrogen and oxygen atoms in total. The van der Waals surface area contributed by atoms with Crippen LogP contribution in [0.25, 0.3) is 0 Å². The molecule has 5 heteroatoms. The Labute approximate surface area is 123 Å². The van der Waals surface area contributed by atoms with Gasteiger partial charge in [0, 0.05) is 29.4 Å². The molecule has 0 radical (unpaired) electrons. The second-order valence-corrected chi connectivity index (χ2v) is 4.79. The van der Waals surface area contributed by atoms with Gasteiger partial charge in [-0.2, -0.15) is 0 Å². The molecule has 2 rings (SSSR count). The number of hydrogen-bond donors (Lipinski definition) is 1. The van der Waals surface area contributed by atoms with Crippen molar-refractivity contribution < 1.29 is 9.47 Å². The average Bonchev–Trinajstić information content (AvgIpc) is 2.46. The molecule has 0 unspecified atom stereocenters. The van der Waals surface area contributed by atoms with Gasteiger partial charge in [-0.25, -0.2) is 0 Å². The molecular weight excluding hydrogens is 276 g/mol. The Balaban J connectivity index is 2.27. The third kappa shape index (κ3) is 3.21. The van der Waals surface area contributed by atoms with Crippen molar-refractivity contribution in [3.8, 4) is 11.5 Å². The maximum atomic E-state index is 6.02. The zero-order valence-corrected chi connectivity index (χ0v) is 12.3. The molecule has 0 spiro atoms. The predicted molar refractivity (Wildman–Crippen MR) is 79.2 cm³/mol. The Morgan fingerprint density at radius 2 is 2.15 bits per heavy atom. The quantitative estimate of drug-likeness (QED) is 0.920. The molecule has 1 aromatic heterocycles. The minimum atomic E-state index is 0.327. The maximum Gasteiger partial charge on any atom is 0.166 e. The molecule has 0 fully saturated rings. The number of ether oxygens (including phenoxy) is 2. The molecular formula is C15H17ClN2O2. The minimum absolute atomic E-state index is 0.327. The summed E-state index contributed by atoms with van der Waals surface area (Å²) in [4.78, 5) is 4.30. The summed E-state index contributed by atoms with van der Waals surface area (Å²) in [7, 11) is 1.57. The van der Waals surface area contributed by atoms with Crippen LogP contribution in [0.5, 0.6) is 11.5 Å². The van der Waals surface area contributed by atoms with Crippen LogP contribution in [0.4, 0.5) is 0 Å². The fourth-order valence-corrected chi connectivity index (χ4v) is 2.13. The number of aryl methyl sites for hydroxylation is 1. The van der Waals surface area contributed by atoms with E-state index in [2.05, 4.69) is 4.98 Å². The first-order valence-electron chi connectivity index (χ1n) is 6.25. The summed E-state index contributed by atoms with van der Waals surface area (Å²) in [5.74, 6) is 1.19. The molecule has 2 N–H and O–H groups in total. The normalized spacial score (nSPS) is 10.4. The van der Waals surface area contributed by atoms with Crippen molar-refractivity contribution in [1.82, 2.24) is 4.98 Å². The molecule has 20 heavy (non-hydrogen) atoms. The van der Waals surface area contributed by atoms with Gasteiger partial charge in [0.15, 0.2) is 11.5 Å². The van der Waals surface area contributed by atoms with E-state index < -0.39 is 0 Å². The lowest BCUT2D eigenvalue weighted by atomic mass is 10.2. The minimum Gasteiger partial charge on any atom is -0.493 e. The molecule has 0 aliphatic rings. The highest BCUT2D eigenvalue weighted by atomic mass is 35.5. The van der Waals surface area contributed by atoms with Crippen molar-refractivity contribution in [3.63, 3.8) is 0 Å². The highest BCUT2D eigenvalue weighted by Crippen LogP contribution is 2.35.